The maximum absolute atomic E-state index is 11.5. The van der Waals surface area contributed by atoms with Gasteiger partial charge in [0, 0.05) is 14.1 Å². The van der Waals surface area contributed by atoms with E-state index < -0.39 is 0 Å². The molecule has 0 aromatic carbocycles. The van der Waals surface area contributed by atoms with E-state index in [0.717, 1.165) is 0 Å². The number of thiocarbonyl (C=S) groups is 2. The number of carbonyl (C=O) groups excluding carboxylic acids is 2. The van der Waals surface area contributed by atoms with Gasteiger partial charge >= 0.3 is 0 Å². The Hall–Kier alpha value is -1.08. The van der Waals surface area contributed by atoms with Crippen LogP contribution in [0.1, 0.15) is 13.3 Å². The topological polar surface area (TPSA) is 66.6 Å². The summed E-state index contributed by atoms with van der Waals surface area (Å²) in [6, 6.07) is 0. The van der Waals surface area contributed by atoms with Crippen molar-refractivity contribution in [2.45, 2.75) is 13.3 Å². The molecule has 0 saturated carbocycles. The molecule has 0 atom stereocenters. The van der Waals surface area contributed by atoms with Gasteiger partial charge in [0.05, 0.1) is 24.5 Å². The SMILES string of the molecule is CC(=S)N(C)CC(=O)CC(=O)CN(C)C(N)=S. The minimum atomic E-state index is -0.208. The lowest BCUT2D eigenvalue weighted by Crippen LogP contribution is -2.37. The second-order valence-electron chi connectivity index (χ2n) is 3.82. The third kappa shape index (κ3) is 6.96. The summed E-state index contributed by atoms with van der Waals surface area (Å²) in [5.41, 5.74) is 5.33. The van der Waals surface area contributed by atoms with Crippen LogP contribution in [0.4, 0.5) is 0 Å². The van der Waals surface area contributed by atoms with E-state index in [4.69, 9.17) is 30.2 Å². The second-order valence-corrected chi connectivity index (χ2v) is 4.83. The van der Waals surface area contributed by atoms with Crippen molar-refractivity contribution in [2.75, 3.05) is 27.2 Å². The fourth-order valence-electron chi connectivity index (χ4n) is 1.05. The van der Waals surface area contributed by atoms with Crippen molar-refractivity contribution in [3.63, 3.8) is 0 Å². The molecule has 96 valence electrons. The molecule has 17 heavy (non-hydrogen) atoms. The predicted molar refractivity (Wildman–Crippen MR) is 74.9 cm³/mol. The second kappa shape index (κ2) is 7.29. The summed E-state index contributed by atoms with van der Waals surface area (Å²) in [5.74, 6) is -0.376. The van der Waals surface area contributed by atoms with Gasteiger partial charge in [-0.25, -0.2) is 0 Å². The highest BCUT2D eigenvalue weighted by Gasteiger charge is 2.14. The molecule has 0 amide bonds. The summed E-state index contributed by atoms with van der Waals surface area (Å²) in [6.45, 7) is 1.93. The van der Waals surface area contributed by atoms with Crippen LogP contribution in [0.5, 0.6) is 0 Å². The van der Waals surface area contributed by atoms with Gasteiger partial charge in [0.1, 0.15) is 0 Å². The molecule has 7 heteroatoms. The van der Waals surface area contributed by atoms with Crippen molar-refractivity contribution >= 4 is 46.1 Å². The van der Waals surface area contributed by atoms with Crippen molar-refractivity contribution in [3.8, 4) is 0 Å². The van der Waals surface area contributed by atoms with Gasteiger partial charge < -0.3 is 15.5 Å². The maximum Gasteiger partial charge on any atom is 0.166 e. The highest BCUT2D eigenvalue weighted by atomic mass is 32.1. The van der Waals surface area contributed by atoms with E-state index in [-0.39, 0.29) is 36.2 Å². The summed E-state index contributed by atoms with van der Waals surface area (Å²) < 4.78 is 0. The van der Waals surface area contributed by atoms with E-state index >= 15 is 0 Å². The number of nitrogens with zero attached hydrogens (tertiary/aromatic N) is 2. The fourth-order valence-corrected chi connectivity index (χ4v) is 1.18. The number of Topliss-reactive ketones (excluding diaryl/α,β-unsaturated/α-hetero) is 2. The van der Waals surface area contributed by atoms with Crippen LogP contribution in [0.15, 0.2) is 0 Å². The summed E-state index contributed by atoms with van der Waals surface area (Å²) in [5, 5.41) is 0.137. The molecular formula is C10H17N3O2S2. The summed E-state index contributed by atoms with van der Waals surface area (Å²) in [6.07, 6.45) is -0.125. The van der Waals surface area contributed by atoms with E-state index in [0.29, 0.717) is 4.99 Å². The van der Waals surface area contributed by atoms with Crippen LogP contribution in [0.3, 0.4) is 0 Å². The van der Waals surface area contributed by atoms with E-state index in [2.05, 4.69) is 0 Å². The Labute approximate surface area is 112 Å². The van der Waals surface area contributed by atoms with E-state index in [1.807, 2.05) is 0 Å². The van der Waals surface area contributed by atoms with Crippen molar-refractivity contribution < 1.29 is 9.59 Å². The molecule has 2 N–H and O–H groups in total. The molecule has 0 spiro atoms. The summed E-state index contributed by atoms with van der Waals surface area (Å²) in [4.78, 5) is 26.7. The van der Waals surface area contributed by atoms with Gasteiger partial charge in [0.2, 0.25) is 0 Å². The smallest absolute Gasteiger partial charge is 0.166 e. The van der Waals surface area contributed by atoms with Gasteiger partial charge in [-0.05, 0) is 19.1 Å². The molecule has 0 aliphatic carbocycles. The van der Waals surface area contributed by atoms with Crippen LogP contribution < -0.4 is 5.73 Å². The Morgan fingerprint density at radius 3 is 1.82 bits per heavy atom. The minimum Gasteiger partial charge on any atom is -0.376 e. The first-order valence-electron chi connectivity index (χ1n) is 4.99. The van der Waals surface area contributed by atoms with Gasteiger partial charge in [-0.15, -0.1) is 0 Å². The summed E-state index contributed by atoms with van der Waals surface area (Å²) in [7, 11) is 3.32. The molecule has 0 radical (unpaired) electrons. The van der Waals surface area contributed by atoms with Crippen LogP contribution in [-0.4, -0.2) is 58.7 Å². The Bertz CT molecular complexity index is 312. The monoisotopic (exact) mass is 275 g/mol. The van der Waals surface area contributed by atoms with E-state index in [1.165, 1.54) is 4.90 Å². The molecule has 0 bridgehead atoms. The number of nitrogens with two attached hydrogens (primary N) is 1. The average molecular weight is 275 g/mol. The number of ketones is 2. The van der Waals surface area contributed by atoms with Crippen LogP contribution in [0.2, 0.25) is 0 Å². The molecule has 0 heterocycles. The zero-order chi connectivity index (χ0) is 13.6. The third-order valence-corrected chi connectivity index (χ3v) is 2.76. The third-order valence-electron chi connectivity index (χ3n) is 2.14. The number of likely N-dealkylation sites (N-methyl/N-ethyl adjacent to an activating group) is 2. The number of carbonyl (C=O) groups is 2. The zero-order valence-electron chi connectivity index (χ0n) is 10.2. The van der Waals surface area contributed by atoms with Crippen LogP contribution in [0.25, 0.3) is 0 Å². The largest absolute Gasteiger partial charge is 0.376 e. The molecule has 0 aliphatic heterocycles. The molecule has 0 fully saturated rings. The Kier molecular flexibility index (Phi) is 6.82. The van der Waals surface area contributed by atoms with Gasteiger partial charge in [-0.2, -0.15) is 0 Å². The van der Waals surface area contributed by atoms with Crippen molar-refractivity contribution in [1.29, 1.82) is 0 Å². The quantitative estimate of drug-likeness (QED) is 0.539. The lowest BCUT2D eigenvalue weighted by atomic mass is 10.2. The van der Waals surface area contributed by atoms with Gasteiger partial charge in [-0.1, -0.05) is 12.2 Å². The van der Waals surface area contributed by atoms with Crippen molar-refractivity contribution in [1.82, 2.24) is 9.80 Å². The van der Waals surface area contributed by atoms with Gasteiger partial charge in [-0.3, -0.25) is 9.59 Å². The first-order chi connectivity index (χ1) is 7.73. The van der Waals surface area contributed by atoms with Crippen LogP contribution in [-0.2, 0) is 9.59 Å². The standard InChI is InChI=1S/C10H17N3O2S2/c1-7(16)12(2)5-8(14)4-9(15)6-13(3)10(11)17/h4-6H2,1-3H3,(H2,11,17). The Balaban J connectivity index is 4.09. The molecule has 0 unspecified atom stereocenters. The molecule has 0 saturated heterocycles. The first-order valence-corrected chi connectivity index (χ1v) is 5.81. The average Bonchev–Trinajstić information content (AvgIpc) is 2.16. The number of hydrogen-bond donors (Lipinski definition) is 1. The molecule has 0 aliphatic rings. The number of rotatable bonds is 6. The zero-order valence-corrected chi connectivity index (χ0v) is 11.9. The van der Waals surface area contributed by atoms with Crippen molar-refractivity contribution in [2.24, 2.45) is 5.73 Å². The van der Waals surface area contributed by atoms with Gasteiger partial charge in [0.25, 0.3) is 0 Å². The molecule has 5 nitrogen and oxygen atoms in total. The van der Waals surface area contributed by atoms with E-state index in [9.17, 15) is 9.59 Å². The number of hydrogen-bond acceptors (Lipinski definition) is 4. The van der Waals surface area contributed by atoms with Gasteiger partial charge in [0.15, 0.2) is 16.7 Å². The summed E-state index contributed by atoms with van der Waals surface area (Å²) >= 11 is 9.60. The lowest BCUT2D eigenvalue weighted by molar-refractivity contribution is -0.127. The van der Waals surface area contributed by atoms with Crippen LogP contribution >= 0.6 is 24.4 Å². The Morgan fingerprint density at radius 2 is 1.47 bits per heavy atom. The predicted octanol–water partition coefficient (Wildman–Crippen LogP) is -0.0308. The maximum atomic E-state index is 11.5. The van der Waals surface area contributed by atoms with Crippen molar-refractivity contribution in [3.05, 3.63) is 0 Å². The molecule has 0 aromatic heterocycles. The minimum absolute atomic E-state index is 0.0569. The van der Waals surface area contributed by atoms with Crippen LogP contribution in [0, 0.1) is 0 Å². The Morgan fingerprint density at radius 1 is 1.06 bits per heavy atom. The van der Waals surface area contributed by atoms with E-state index in [1.54, 1.807) is 25.9 Å². The molecule has 0 rings (SSSR count). The first kappa shape index (κ1) is 15.9. The lowest BCUT2D eigenvalue weighted by Gasteiger charge is -2.17. The molecule has 0 aromatic rings. The fraction of sp³-hybridized carbons (Fsp3) is 0.600. The highest BCUT2D eigenvalue weighted by molar-refractivity contribution is 7.80. The normalized spacial score (nSPS) is 9.59. The highest BCUT2D eigenvalue weighted by Crippen LogP contribution is 1.94. The molecular weight excluding hydrogens is 258 g/mol.